The molecule has 33 heteroatoms. The smallest absolute Gasteiger partial charge is 0.250 e. The van der Waals surface area contributed by atoms with Crippen LogP contribution in [0.2, 0.25) is 0 Å². The molecule has 0 aliphatic carbocycles. The van der Waals surface area contributed by atoms with Gasteiger partial charge in [0.15, 0.2) is 24.9 Å². The molecule has 7 aromatic heterocycles. The van der Waals surface area contributed by atoms with Crippen LogP contribution in [0.25, 0.3) is 67.8 Å². The highest BCUT2D eigenvalue weighted by Crippen LogP contribution is 2.42. The van der Waals surface area contributed by atoms with Crippen molar-refractivity contribution < 1.29 is 86.4 Å². The topological polar surface area (TPSA) is 234 Å². The molecule has 4 fully saturated rings. The molecule has 2 N–H and O–H groups in total. The van der Waals surface area contributed by atoms with Gasteiger partial charge in [0.05, 0.1) is 35.3 Å². The number of furan rings is 1. The van der Waals surface area contributed by atoms with Crippen LogP contribution in [0.1, 0.15) is 91.7 Å². The van der Waals surface area contributed by atoms with Crippen molar-refractivity contribution in [1.29, 1.82) is 0 Å². The Hall–Kier alpha value is -15.3. The molecule has 4 atom stereocenters. The average molecular weight is 1840 g/mol. The van der Waals surface area contributed by atoms with Gasteiger partial charge in [-0.25, -0.2) is 62.6 Å². The average Bonchev–Trinajstić information content (AvgIpc) is 1.64. The lowest BCUT2D eigenvalue weighted by molar-refractivity contribution is -0.128. The first-order chi connectivity index (χ1) is 65.2. The number of H-pyrrole nitrogens is 2. The van der Waals surface area contributed by atoms with Crippen molar-refractivity contribution in [3.05, 3.63) is 393 Å². The number of halogens is 10. The van der Waals surface area contributed by atoms with E-state index < -0.39 is 77.3 Å². The summed E-state index contributed by atoms with van der Waals surface area (Å²) in [5.41, 5.74) is 16.1. The van der Waals surface area contributed by atoms with Crippen LogP contribution in [0.3, 0.4) is 0 Å². The maximum atomic E-state index is 14.0. The number of aromatic nitrogens is 10. The third-order valence-corrected chi connectivity index (χ3v) is 23.2. The van der Waals surface area contributed by atoms with E-state index in [0.717, 1.165) is 75.3 Å². The van der Waals surface area contributed by atoms with Crippen LogP contribution in [-0.4, -0.2) is 145 Å². The van der Waals surface area contributed by atoms with Crippen LogP contribution in [0.5, 0.6) is 0 Å². The lowest BCUT2D eigenvalue weighted by Crippen LogP contribution is -2.30. The van der Waals surface area contributed by atoms with E-state index in [1.165, 1.54) is 97.0 Å². The Morgan fingerprint density at radius 1 is 0.311 bits per heavy atom. The lowest BCUT2D eigenvalue weighted by atomic mass is 10.1. The highest BCUT2D eigenvalue weighted by Gasteiger charge is 2.41. The van der Waals surface area contributed by atoms with Gasteiger partial charge in [-0.2, -0.15) is 20.4 Å². The van der Waals surface area contributed by atoms with Crippen molar-refractivity contribution in [2.75, 3.05) is 52.6 Å². The Bertz CT molecular complexity index is 6650. The molecule has 9 aromatic carbocycles. The highest BCUT2D eigenvalue weighted by atomic mass is 19.2. The van der Waals surface area contributed by atoms with Gasteiger partial charge in [-0.3, -0.25) is 19.2 Å². The Kier molecular flexibility index (Phi) is 27.4. The maximum Gasteiger partial charge on any atom is 0.250 e. The Morgan fingerprint density at radius 3 is 0.881 bits per heavy atom. The molecule has 0 saturated carbocycles. The number of nitrogens with zero attached hydrogens (tertiary/aromatic N) is 12. The van der Waals surface area contributed by atoms with Crippen molar-refractivity contribution in [3.8, 4) is 67.8 Å². The Labute approximate surface area is 766 Å². The van der Waals surface area contributed by atoms with Gasteiger partial charge >= 0.3 is 0 Å². The molecule has 0 bridgehead atoms. The Balaban J connectivity index is 0.000000125. The molecule has 20 rings (SSSR count). The molecule has 4 unspecified atom stereocenters. The molecule has 4 aliphatic heterocycles. The van der Waals surface area contributed by atoms with Crippen LogP contribution in [0.15, 0.2) is 273 Å². The zero-order chi connectivity index (χ0) is 94.2. The summed E-state index contributed by atoms with van der Waals surface area (Å²) in [7, 11) is 0. The van der Waals surface area contributed by atoms with Crippen LogP contribution in [-0.2, 0) is 63.8 Å². The molecule has 4 amide bonds. The van der Waals surface area contributed by atoms with Gasteiger partial charge in [0.1, 0.15) is 107 Å². The number of aromatic amines is 2. The maximum absolute atomic E-state index is 14.0. The van der Waals surface area contributed by atoms with Gasteiger partial charge in [0.25, 0.3) is 23.6 Å². The second kappa shape index (κ2) is 40.4. The largest absolute Gasteiger partial charge is 0.472 e. The van der Waals surface area contributed by atoms with Crippen molar-refractivity contribution in [1.82, 2.24) is 68.7 Å². The number of benzene rings is 9. The van der Waals surface area contributed by atoms with Crippen LogP contribution in [0.4, 0.5) is 43.9 Å². The molecule has 23 nitrogen and oxygen atoms in total. The number of carbonyl (C=O) groups is 4. The molecule has 11 heterocycles. The molecule has 0 spiro atoms. The third-order valence-electron chi connectivity index (χ3n) is 23.2. The van der Waals surface area contributed by atoms with E-state index in [0.29, 0.717) is 114 Å². The summed E-state index contributed by atoms with van der Waals surface area (Å²) < 4.78 is 172. The predicted molar refractivity (Wildman–Crippen MR) is 478 cm³/mol. The fourth-order valence-corrected chi connectivity index (χ4v) is 16.2. The number of carbonyl (C=O) groups excluding carboxylic acids is 4. The number of nitrogens with one attached hydrogen (secondary N) is 2. The van der Waals surface area contributed by atoms with E-state index in [1.54, 1.807) is 106 Å². The second-order valence-corrected chi connectivity index (χ2v) is 32.8. The number of hydrogen-bond acceptors (Lipinski definition) is 13. The number of ether oxygens (including phenoxy) is 4. The van der Waals surface area contributed by atoms with Crippen LogP contribution in [0, 0.1) is 85.9 Å². The monoisotopic (exact) mass is 1840 g/mol. The van der Waals surface area contributed by atoms with Gasteiger partial charge in [-0.15, -0.1) is 0 Å². The van der Waals surface area contributed by atoms with Crippen LogP contribution >= 0.6 is 0 Å². The summed E-state index contributed by atoms with van der Waals surface area (Å²) in [5, 5.41) is 18.2. The molecule has 135 heavy (non-hydrogen) atoms. The fourth-order valence-electron chi connectivity index (χ4n) is 16.2. The minimum Gasteiger partial charge on any atom is -0.472 e. The van der Waals surface area contributed by atoms with E-state index in [4.69, 9.17) is 23.4 Å². The minimum atomic E-state index is -0.750. The number of aryl methyl sites for hydroxylation is 4. The molecule has 4 saturated heterocycles. The van der Waals surface area contributed by atoms with Crippen molar-refractivity contribution in [2.45, 2.75) is 78.3 Å². The summed E-state index contributed by atoms with van der Waals surface area (Å²) in [6, 6.07) is 53.1. The quantitative estimate of drug-likeness (QED) is 0.0536. The first kappa shape index (κ1) is 91.6. The molecule has 688 valence electrons. The highest BCUT2D eigenvalue weighted by molar-refractivity contribution is 5.83. The third kappa shape index (κ3) is 21.4. The predicted octanol–water partition coefficient (Wildman–Crippen LogP) is 19.4. The molecule has 4 aliphatic rings. The van der Waals surface area contributed by atoms with Crippen molar-refractivity contribution in [3.63, 3.8) is 0 Å². The zero-order valence-corrected chi connectivity index (χ0v) is 73.0. The first-order valence-electron chi connectivity index (χ1n) is 43.1. The summed E-state index contributed by atoms with van der Waals surface area (Å²) in [6.07, 6.45) is 16.1. The van der Waals surface area contributed by atoms with E-state index in [9.17, 15) is 63.1 Å². The zero-order valence-electron chi connectivity index (χ0n) is 73.0. The summed E-state index contributed by atoms with van der Waals surface area (Å²) in [5.74, 6) is -7.08. The van der Waals surface area contributed by atoms with E-state index in [-0.39, 0.29) is 78.6 Å². The molecular weight excluding hydrogens is 1760 g/mol. The number of rotatable bonds is 24. The van der Waals surface area contributed by atoms with E-state index >= 15 is 0 Å². The van der Waals surface area contributed by atoms with Gasteiger partial charge in [-0.1, -0.05) is 102 Å². The van der Waals surface area contributed by atoms with E-state index in [1.807, 2.05) is 106 Å². The van der Waals surface area contributed by atoms with Gasteiger partial charge < -0.3 is 52.9 Å². The van der Waals surface area contributed by atoms with Crippen molar-refractivity contribution >= 4 is 23.6 Å². The molecule has 16 aromatic rings. The van der Waals surface area contributed by atoms with Crippen molar-refractivity contribution in [2.24, 2.45) is 0 Å². The van der Waals surface area contributed by atoms with Gasteiger partial charge in [0.2, 0.25) is 0 Å². The van der Waals surface area contributed by atoms with Gasteiger partial charge in [-0.05, 0) is 178 Å². The SMILES string of the molecule is Cc1ccc(CCN2C(=O)COC2c2cn(-c3cc(F)cc(F)c3)nc2-c2cc[nH]c2)cc1.Cc1ccc(CCN2C(=O)COC2c2cn(-c3cc(F)cc(F)c3)nc2-c2cc[nH]c2)cc1F.Cc1ccc(CCN2C(=O)COC2c2cn(-c3cc(F)cc(F)c3)nc2-c2ccc(F)cc2)cc1.Cc1ccc(CCN2C(=O)COC2c2cn(-c3cc(F)cc(F)c3)nc2-c2ccoc2)cc1. The number of amides is 4. The summed E-state index contributed by atoms with van der Waals surface area (Å²) in [6.45, 7) is 9.10. The fraction of sp³-hybridized carbons (Fsp3) is 0.196. The minimum absolute atomic E-state index is 0.0368. The second-order valence-electron chi connectivity index (χ2n) is 32.8. The summed E-state index contributed by atoms with van der Waals surface area (Å²) in [4.78, 5) is 63.2. The normalized spacial score (nSPS) is 15.9. The lowest BCUT2D eigenvalue weighted by Gasteiger charge is -2.23. The molecular formula is C102H86F10N14O9. The first-order valence-corrected chi connectivity index (χ1v) is 43.1. The Morgan fingerprint density at radius 2 is 0.600 bits per heavy atom. The summed E-state index contributed by atoms with van der Waals surface area (Å²) >= 11 is 0. The molecule has 0 radical (unpaired) electrons. The van der Waals surface area contributed by atoms with Crippen LogP contribution < -0.4 is 0 Å². The van der Waals surface area contributed by atoms with Gasteiger partial charge in [0, 0.05) is 145 Å². The number of hydrogen-bond donors (Lipinski definition) is 2. The van der Waals surface area contributed by atoms with E-state index in [2.05, 4.69) is 30.4 Å². The standard InChI is InChI=1S/C27H22F3N3O2.C25H21F3N4O2.C25H22F2N4O2.C25H21F2N3O3/c1-17-2-4-18(5-3-17)10-11-32-25(34)16-35-27(32)24-15-33(23-13-21(29)12-22(30)14-23)31-26(24)19-6-8-20(28)9-7-19;1-15-2-3-16(8-22(15)28)5-7-31-23(33)14-34-25(31)21-13-32(20-10-18(26)9-19(27)11-20)30-24(21)17-4-6-29-12-17;1-16-2-4-17(5-3-16)7-9-30-23(32)15-33-25(30)22-14-31(21-11-19(26)10-20(27)12-21)29-24(22)18-6-8-28-13-18;1-16-2-4-17(5-3-16)6-8-29-23(31)15-33-25(29)22-13-30(21-11-19(26)10-20(27)12-21)28-24(22)18-7-9-32-14-18/h2-9,12-15,27H,10-11,16H2,1H3;2-4,6,8-13,25,29H,5,7,14H2,1H3;2-6,8,10-14,25,28H,7,9,15H2,1H3;2-5,7,9-14,25H,6,8,15H2,1H3.